The van der Waals surface area contributed by atoms with Crippen molar-refractivity contribution < 1.29 is 9.53 Å². The largest absolute Gasteiger partial charge is 0.378 e. The summed E-state index contributed by atoms with van der Waals surface area (Å²) >= 11 is 0. The van der Waals surface area contributed by atoms with Crippen molar-refractivity contribution in [3.8, 4) is 0 Å². The maximum Gasteiger partial charge on any atom is 0.255 e. The summed E-state index contributed by atoms with van der Waals surface area (Å²) in [5.74, 6) is 0.372. The van der Waals surface area contributed by atoms with Crippen LogP contribution in [0.25, 0.3) is 0 Å². The Morgan fingerprint density at radius 3 is 2.22 bits per heavy atom. The Morgan fingerprint density at radius 1 is 1.06 bits per heavy atom. The van der Waals surface area contributed by atoms with Crippen LogP contribution in [0.1, 0.15) is 17.7 Å². The lowest BCUT2D eigenvalue weighted by Crippen LogP contribution is -2.39. The molecule has 2 heterocycles. The van der Waals surface area contributed by atoms with Crippen LogP contribution in [0.3, 0.4) is 0 Å². The fourth-order valence-corrected chi connectivity index (χ4v) is 3.67. The fourth-order valence-electron chi connectivity index (χ4n) is 3.67. The number of carbonyl (C=O) groups excluding carboxylic acids is 1. The molecule has 4 rings (SSSR count). The summed E-state index contributed by atoms with van der Waals surface area (Å²) in [4.78, 5) is 34.9. The Kier molecular flexibility index (Phi) is 6.81. The molecule has 2 aromatic carbocycles. The van der Waals surface area contributed by atoms with E-state index >= 15 is 0 Å². The molecule has 1 aromatic heterocycles. The molecule has 3 aromatic rings. The second-order valence-corrected chi connectivity index (χ2v) is 7.59. The molecular formula is C24H27N5O3. The highest BCUT2D eigenvalue weighted by molar-refractivity contribution is 5.80. The number of carbonyl (C=O) groups is 1. The number of aromatic amines is 1. The molecule has 2 N–H and O–H groups in total. The van der Waals surface area contributed by atoms with E-state index in [9.17, 15) is 9.59 Å². The first kappa shape index (κ1) is 21.6. The molecule has 0 unspecified atom stereocenters. The summed E-state index contributed by atoms with van der Waals surface area (Å²) in [6, 6.07) is 19.2. The number of aryl methyl sites for hydroxylation is 1. The molecule has 1 amide bonds. The summed E-state index contributed by atoms with van der Waals surface area (Å²) in [6.45, 7) is 4.43. The molecule has 1 fully saturated rings. The van der Waals surface area contributed by atoms with Gasteiger partial charge < -0.3 is 9.64 Å². The Morgan fingerprint density at radius 2 is 1.66 bits per heavy atom. The van der Waals surface area contributed by atoms with E-state index in [0.717, 1.165) is 11.4 Å². The van der Waals surface area contributed by atoms with Crippen molar-refractivity contribution in [2.45, 2.75) is 19.8 Å². The van der Waals surface area contributed by atoms with Gasteiger partial charge in [-0.2, -0.15) is 0 Å². The molecule has 1 aliphatic heterocycles. The van der Waals surface area contributed by atoms with E-state index in [1.807, 2.05) is 72.5 Å². The van der Waals surface area contributed by atoms with Gasteiger partial charge in [0.1, 0.15) is 0 Å². The zero-order valence-electron chi connectivity index (χ0n) is 18.1. The van der Waals surface area contributed by atoms with E-state index in [1.165, 1.54) is 0 Å². The SMILES string of the molecule is Cc1nc(N2CCOCC2)[nH]c(=O)c1CCC(=O)NN(c1ccccc1)c1ccccc1. The van der Waals surface area contributed by atoms with E-state index in [4.69, 9.17) is 4.74 Å². The van der Waals surface area contributed by atoms with Crippen molar-refractivity contribution in [3.63, 3.8) is 0 Å². The number of rotatable bonds is 7. The van der Waals surface area contributed by atoms with Crippen molar-refractivity contribution in [1.82, 2.24) is 15.4 Å². The number of hydrazine groups is 1. The average Bonchev–Trinajstić information content (AvgIpc) is 2.83. The molecule has 0 bridgehead atoms. The van der Waals surface area contributed by atoms with Crippen LogP contribution in [0.4, 0.5) is 17.3 Å². The maximum absolute atomic E-state index is 12.8. The predicted molar refractivity (Wildman–Crippen MR) is 124 cm³/mol. The zero-order chi connectivity index (χ0) is 22.3. The Balaban J connectivity index is 1.45. The van der Waals surface area contributed by atoms with Gasteiger partial charge in [-0.15, -0.1) is 0 Å². The summed E-state index contributed by atoms with van der Waals surface area (Å²) < 4.78 is 5.36. The van der Waals surface area contributed by atoms with Crippen LogP contribution in [-0.2, 0) is 16.0 Å². The molecule has 8 nitrogen and oxygen atoms in total. The van der Waals surface area contributed by atoms with Crippen LogP contribution in [0.2, 0.25) is 0 Å². The first-order valence-corrected chi connectivity index (χ1v) is 10.7. The van der Waals surface area contributed by atoms with Crippen molar-refractivity contribution in [1.29, 1.82) is 0 Å². The quantitative estimate of drug-likeness (QED) is 0.557. The van der Waals surface area contributed by atoms with E-state index in [2.05, 4.69) is 15.4 Å². The first-order chi connectivity index (χ1) is 15.6. The third kappa shape index (κ3) is 5.15. The van der Waals surface area contributed by atoms with E-state index in [0.29, 0.717) is 49.9 Å². The van der Waals surface area contributed by atoms with Gasteiger partial charge in [-0.3, -0.25) is 25.0 Å². The molecule has 1 saturated heterocycles. The number of amides is 1. The minimum Gasteiger partial charge on any atom is -0.378 e. The molecule has 166 valence electrons. The lowest BCUT2D eigenvalue weighted by molar-refractivity contribution is -0.121. The number of hydrogen-bond donors (Lipinski definition) is 2. The summed E-state index contributed by atoms with van der Waals surface area (Å²) in [7, 11) is 0. The summed E-state index contributed by atoms with van der Waals surface area (Å²) in [5.41, 5.74) is 5.63. The van der Waals surface area contributed by atoms with Crippen molar-refractivity contribution in [2.75, 3.05) is 36.2 Å². The summed E-state index contributed by atoms with van der Waals surface area (Å²) in [5, 5.41) is 1.75. The molecule has 0 spiro atoms. The van der Waals surface area contributed by atoms with Crippen molar-refractivity contribution in [3.05, 3.63) is 82.3 Å². The van der Waals surface area contributed by atoms with Gasteiger partial charge in [0, 0.05) is 30.8 Å². The average molecular weight is 434 g/mol. The molecule has 1 aliphatic rings. The van der Waals surface area contributed by atoms with Gasteiger partial charge in [-0.25, -0.2) is 4.98 Å². The van der Waals surface area contributed by atoms with Crippen LogP contribution < -0.4 is 20.9 Å². The van der Waals surface area contributed by atoms with Gasteiger partial charge in [0.05, 0.1) is 24.6 Å². The molecule has 0 radical (unpaired) electrons. The number of nitrogens with one attached hydrogen (secondary N) is 2. The lowest BCUT2D eigenvalue weighted by atomic mass is 10.1. The number of nitrogens with zero attached hydrogens (tertiary/aromatic N) is 3. The first-order valence-electron chi connectivity index (χ1n) is 10.7. The summed E-state index contributed by atoms with van der Waals surface area (Å²) in [6.07, 6.45) is 0.472. The van der Waals surface area contributed by atoms with Gasteiger partial charge in [-0.05, 0) is 37.6 Å². The monoisotopic (exact) mass is 433 g/mol. The van der Waals surface area contributed by atoms with E-state index in [-0.39, 0.29) is 17.9 Å². The standard InChI is InChI=1S/C24H27N5O3/c1-18-21(23(31)26-24(25-18)28-14-16-32-17-15-28)12-13-22(30)27-29(19-8-4-2-5-9-19)20-10-6-3-7-11-20/h2-11H,12-17H2,1H3,(H,27,30)(H,25,26,31). The Bertz CT molecular complexity index is 1060. The Labute approximate surface area is 186 Å². The second-order valence-electron chi connectivity index (χ2n) is 7.59. The van der Waals surface area contributed by atoms with Crippen LogP contribution in [0.15, 0.2) is 65.5 Å². The number of anilines is 3. The van der Waals surface area contributed by atoms with Crippen LogP contribution in [-0.4, -0.2) is 42.2 Å². The second kappa shape index (κ2) is 10.1. The van der Waals surface area contributed by atoms with Crippen molar-refractivity contribution >= 4 is 23.2 Å². The molecular weight excluding hydrogens is 406 g/mol. The minimum atomic E-state index is -0.199. The number of morpholine rings is 1. The number of para-hydroxylation sites is 2. The number of hydrogen-bond acceptors (Lipinski definition) is 6. The highest BCUT2D eigenvalue weighted by Gasteiger charge is 2.18. The number of ether oxygens (including phenoxy) is 1. The minimum absolute atomic E-state index is 0.165. The van der Waals surface area contributed by atoms with Gasteiger partial charge in [0.15, 0.2) is 0 Å². The van der Waals surface area contributed by atoms with Crippen molar-refractivity contribution in [2.24, 2.45) is 0 Å². The number of aromatic nitrogens is 2. The van der Waals surface area contributed by atoms with Crippen LogP contribution in [0.5, 0.6) is 0 Å². The van der Waals surface area contributed by atoms with Gasteiger partial charge >= 0.3 is 0 Å². The maximum atomic E-state index is 12.8. The number of H-pyrrole nitrogens is 1. The molecule has 0 aliphatic carbocycles. The molecule has 8 heteroatoms. The lowest BCUT2D eigenvalue weighted by Gasteiger charge is -2.27. The topological polar surface area (TPSA) is 90.6 Å². The molecule has 32 heavy (non-hydrogen) atoms. The van der Waals surface area contributed by atoms with Crippen LogP contribution in [0, 0.1) is 6.92 Å². The highest BCUT2D eigenvalue weighted by atomic mass is 16.5. The number of benzene rings is 2. The Hall–Kier alpha value is -3.65. The van der Waals surface area contributed by atoms with E-state index < -0.39 is 0 Å². The fraction of sp³-hybridized carbons (Fsp3) is 0.292. The van der Waals surface area contributed by atoms with E-state index in [1.54, 1.807) is 5.01 Å². The smallest absolute Gasteiger partial charge is 0.255 e. The van der Waals surface area contributed by atoms with Gasteiger partial charge in [0.25, 0.3) is 5.56 Å². The highest BCUT2D eigenvalue weighted by Crippen LogP contribution is 2.22. The van der Waals surface area contributed by atoms with Gasteiger partial charge in [-0.1, -0.05) is 36.4 Å². The normalized spacial score (nSPS) is 13.6. The molecule has 0 saturated carbocycles. The zero-order valence-corrected chi connectivity index (χ0v) is 18.1. The third-order valence-electron chi connectivity index (χ3n) is 5.39. The van der Waals surface area contributed by atoms with Gasteiger partial charge in [0.2, 0.25) is 11.9 Å². The predicted octanol–water partition coefficient (Wildman–Crippen LogP) is 2.72. The third-order valence-corrected chi connectivity index (χ3v) is 5.39. The molecule has 0 atom stereocenters. The van der Waals surface area contributed by atoms with Crippen LogP contribution >= 0.6 is 0 Å².